The standard InChI is InChI=1S/C20H23N5O/c1-15-5-3-6-17(13-15)14-23-9-11-24(12-10-23)20(26)18-16(2)22-25-8-4-7-21-19(18)25/h3-8,13H,9-12,14H2,1-2H3. The molecule has 0 saturated carbocycles. The molecule has 26 heavy (non-hydrogen) atoms. The molecule has 1 aromatic carbocycles. The van der Waals surface area contributed by atoms with Gasteiger partial charge in [0.15, 0.2) is 5.65 Å². The molecule has 2 aromatic heterocycles. The number of piperazine rings is 1. The van der Waals surface area contributed by atoms with Crippen LogP contribution in [0.15, 0.2) is 42.7 Å². The Labute approximate surface area is 153 Å². The molecule has 1 amide bonds. The number of amides is 1. The van der Waals surface area contributed by atoms with E-state index in [2.05, 4.69) is 46.2 Å². The Kier molecular flexibility index (Phi) is 4.42. The molecule has 0 atom stereocenters. The fraction of sp³-hybridized carbons (Fsp3) is 0.350. The van der Waals surface area contributed by atoms with E-state index >= 15 is 0 Å². The zero-order chi connectivity index (χ0) is 18.1. The quantitative estimate of drug-likeness (QED) is 0.728. The van der Waals surface area contributed by atoms with Crippen molar-refractivity contribution in [1.82, 2.24) is 24.4 Å². The highest BCUT2D eigenvalue weighted by molar-refractivity contribution is 6.01. The van der Waals surface area contributed by atoms with E-state index in [-0.39, 0.29) is 5.91 Å². The Morgan fingerprint density at radius 2 is 1.92 bits per heavy atom. The average Bonchev–Trinajstić information content (AvgIpc) is 2.97. The molecule has 0 aliphatic carbocycles. The monoisotopic (exact) mass is 349 g/mol. The second kappa shape index (κ2) is 6.88. The van der Waals surface area contributed by atoms with Gasteiger partial charge in [0.05, 0.1) is 5.69 Å². The topological polar surface area (TPSA) is 53.7 Å². The molecule has 6 heteroatoms. The number of aromatic nitrogens is 3. The van der Waals surface area contributed by atoms with Crippen molar-refractivity contribution in [2.75, 3.05) is 26.2 Å². The van der Waals surface area contributed by atoms with Crippen LogP contribution in [0.3, 0.4) is 0 Å². The molecule has 1 fully saturated rings. The minimum atomic E-state index is 0.0337. The molecule has 0 radical (unpaired) electrons. The molecule has 1 aliphatic heterocycles. The van der Waals surface area contributed by atoms with Crippen LogP contribution in [0.4, 0.5) is 0 Å². The number of hydrogen-bond donors (Lipinski definition) is 0. The summed E-state index contributed by atoms with van der Waals surface area (Å²) < 4.78 is 1.68. The summed E-state index contributed by atoms with van der Waals surface area (Å²) in [5.41, 5.74) is 4.60. The first-order valence-electron chi connectivity index (χ1n) is 8.99. The Morgan fingerprint density at radius 3 is 2.69 bits per heavy atom. The molecule has 6 nitrogen and oxygen atoms in total. The lowest BCUT2D eigenvalue weighted by molar-refractivity contribution is 0.0629. The molecular weight excluding hydrogens is 326 g/mol. The Hall–Kier alpha value is -2.73. The van der Waals surface area contributed by atoms with Crippen LogP contribution >= 0.6 is 0 Å². The van der Waals surface area contributed by atoms with Gasteiger partial charge in [0.2, 0.25) is 0 Å². The average molecular weight is 349 g/mol. The first kappa shape index (κ1) is 16.7. The van der Waals surface area contributed by atoms with Gasteiger partial charge in [0, 0.05) is 45.1 Å². The number of hydrogen-bond acceptors (Lipinski definition) is 4. The van der Waals surface area contributed by atoms with Gasteiger partial charge in [-0.2, -0.15) is 5.10 Å². The highest BCUT2D eigenvalue weighted by Crippen LogP contribution is 2.17. The van der Waals surface area contributed by atoms with Gasteiger partial charge in [-0.3, -0.25) is 9.69 Å². The number of fused-ring (bicyclic) bond motifs is 1. The van der Waals surface area contributed by atoms with Crippen molar-refractivity contribution in [3.8, 4) is 0 Å². The molecule has 3 heterocycles. The Balaban J connectivity index is 1.44. The normalized spacial score (nSPS) is 15.5. The number of nitrogens with zero attached hydrogens (tertiary/aromatic N) is 5. The van der Waals surface area contributed by atoms with E-state index in [0.29, 0.717) is 11.2 Å². The Bertz CT molecular complexity index is 940. The highest BCUT2D eigenvalue weighted by atomic mass is 16.2. The first-order chi connectivity index (χ1) is 12.6. The minimum Gasteiger partial charge on any atom is -0.336 e. The van der Waals surface area contributed by atoms with E-state index < -0.39 is 0 Å². The van der Waals surface area contributed by atoms with Gasteiger partial charge in [-0.15, -0.1) is 0 Å². The maximum absolute atomic E-state index is 13.0. The van der Waals surface area contributed by atoms with Gasteiger partial charge in [-0.1, -0.05) is 29.8 Å². The molecular formula is C20H23N5O. The van der Waals surface area contributed by atoms with Crippen molar-refractivity contribution in [3.63, 3.8) is 0 Å². The van der Waals surface area contributed by atoms with Crippen LogP contribution < -0.4 is 0 Å². The van der Waals surface area contributed by atoms with Crippen LogP contribution in [-0.4, -0.2) is 56.5 Å². The predicted octanol–water partition coefficient (Wildman–Crippen LogP) is 2.30. The summed E-state index contributed by atoms with van der Waals surface area (Å²) in [5.74, 6) is 0.0337. The maximum atomic E-state index is 13.0. The SMILES string of the molecule is Cc1cccc(CN2CCN(C(=O)c3c(C)nn4cccnc34)CC2)c1. The van der Waals surface area contributed by atoms with E-state index in [1.807, 2.05) is 24.1 Å². The summed E-state index contributed by atoms with van der Waals surface area (Å²) >= 11 is 0. The number of aryl methyl sites for hydroxylation is 2. The second-order valence-corrected chi connectivity index (χ2v) is 6.91. The summed E-state index contributed by atoms with van der Waals surface area (Å²) in [4.78, 5) is 21.7. The number of benzene rings is 1. The van der Waals surface area contributed by atoms with Crippen LogP contribution in [0.5, 0.6) is 0 Å². The third-order valence-electron chi connectivity index (χ3n) is 4.93. The molecule has 0 N–H and O–H groups in total. The number of rotatable bonds is 3. The van der Waals surface area contributed by atoms with Crippen LogP contribution in [-0.2, 0) is 6.54 Å². The van der Waals surface area contributed by atoms with Crippen molar-refractivity contribution < 1.29 is 4.79 Å². The fourth-order valence-electron chi connectivity index (χ4n) is 3.58. The Morgan fingerprint density at radius 1 is 1.12 bits per heavy atom. The summed E-state index contributed by atoms with van der Waals surface area (Å²) in [6, 6.07) is 10.4. The van der Waals surface area contributed by atoms with Crippen molar-refractivity contribution in [2.24, 2.45) is 0 Å². The molecule has 134 valence electrons. The zero-order valence-corrected chi connectivity index (χ0v) is 15.2. The van der Waals surface area contributed by atoms with Crippen molar-refractivity contribution >= 4 is 11.6 Å². The summed E-state index contributed by atoms with van der Waals surface area (Å²) in [7, 11) is 0. The smallest absolute Gasteiger partial charge is 0.259 e. The summed E-state index contributed by atoms with van der Waals surface area (Å²) in [5, 5.41) is 4.40. The van der Waals surface area contributed by atoms with E-state index in [1.54, 1.807) is 10.7 Å². The summed E-state index contributed by atoms with van der Waals surface area (Å²) in [6.45, 7) is 8.14. The third-order valence-corrected chi connectivity index (χ3v) is 4.93. The van der Waals surface area contributed by atoms with Crippen LogP contribution in [0.25, 0.3) is 5.65 Å². The molecule has 0 bridgehead atoms. The van der Waals surface area contributed by atoms with E-state index in [9.17, 15) is 4.79 Å². The second-order valence-electron chi connectivity index (χ2n) is 6.91. The molecule has 4 rings (SSSR count). The van der Waals surface area contributed by atoms with Gasteiger partial charge in [0.1, 0.15) is 5.56 Å². The van der Waals surface area contributed by atoms with Crippen LogP contribution in [0.1, 0.15) is 27.2 Å². The van der Waals surface area contributed by atoms with Crippen molar-refractivity contribution in [2.45, 2.75) is 20.4 Å². The van der Waals surface area contributed by atoms with E-state index in [1.165, 1.54) is 11.1 Å². The van der Waals surface area contributed by atoms with Crippen LogP contribution in [0, 0.1) is 13.8 Å². The molecule has 0 unspecified atom stereocenters. The fourth-order valence-corrected chi connectivity index (χ4v) is 3.58. The summed E-state index contributed by atoms with van der Waals surface area (Å²) in [6.07, 6.45) is 3.53. The van der Waals surface area contributed by atoms with Gasteiger partial charge in [-0.05, 0) is 25.5 Å². The van der Waals surface area contributed by atoms with E-state index in [0.717, 1.165) is 38.4 Å². The maximum Gasteiger partial charge on any atom is 0.259 e. The molecule has 0 spiro atoms. The predicted molar refractivity (Wildman–Crippen MR) is 100 cm³/mol. The minimum absolute atomic E-state index is 0.0337. The van der Waals surface area contributed by atoms with Gasteiger partial charge in [0.25, 0.3) is 5.91 Å². The van der Waals surface area contributed by atoms with E-state index in [4.69, 9.17) is 0 Å². The molecule has 1 aliphatic rings. The lowest BCUT2D eigenvalue weighted by Gasteiger charge is -2.34. The first-order valence-corrected chi connectivity index (χ1v) is 8.99. The third kappa shape index (κ3) is 3.20. The highest BCUT2D eigenvalue weighted by Gasteiger charge is 2.26. The van der Waals surface area contributed by atoms with Crippen LogP contribution in [0.2, 0.25) is 0 Å². The molecule has 1 saturated heterocycles. The molecule has 3 aromatic rings. The lowest BCUT2D eigenvalue weighted by atomic mass is 10.1. The number of carbonyl (C=O) groups is 1. The van der Waals surface area contributed by atoms with Gasteiger partial charge in [-0.25, -0.2) is 9.50 Å². The zero-order valence-electron chi connectivity index (χ0n) is 15.2. The largest absolute Gasteiger partial charge is 0.336 e. The van der Waals surface area contributed by atoms with Gasteiger partial charge >= 0.3 is 0 Å². The van der Waals surface area contributed by atoms with Gasteiger partial charge < -0.3 is 4.90 Å². The lowest BCUT2D eigenvalue weighted by Crippen LogP contribution is -2.48. The van der Waals surface area contributed by atoms with Crippen molar-refractivity contribution in [1.29, 1.82) is 0 Å². The number of carbonyl (C=O) groups excluding carboxylic acids is 1. The van der Waals surface area contributed by atoms with Crippen molar-refractivity contribution in [3.05, 3.63) is 65.1 Å².